The van der Waals surface area contributed by atoms with Crippen molar-refractivity contribution in [1.82, 2.24) is 10.2 Å². The fourth-order valence-electron chi connectivity index (χ4n) is 2.02. The van der Waals surface area contributed by atoms with E-state index in [1.807, 2.05) is 0 Å². The average Bonchev–Trinajstić information content (AvgIpc) is 2.47. The van der Waals surface area contributed by atoms with Crippen LogP contribution in [0.2, 0.25) is 0 Å². The molecule has 0 spiro atoms. The maximum atomic E-state index is 11.4. The van der Waals surface area contributed by atoms with E-state index in [4.69, 9.17) is 0 Å². The van der Waals surface area contributed by atoms with E-state index >= 15 is 0 Å². The highest BCUT2D eigenvalue weighted by atomic mass is 32.2. The number of carbonyl (C=O) groups excluding carboxylic acids is 1. The molecule has 14 heavy (non-hydrogen) atoms. The second-order valence-corrected chi connectivity index (χ2v) is 5.80. The first-order chi connectivity index (χ1) is 6.53. The predicted octanol–water partition coefficient (Wildman–Crippen LogP) is -0.637. The summed E-state index contributed by atoms with van der Waals surface area (Å²) >= 11 is 0. The zero-order valence-corrected chi connectivity index (χ0v) is 8.46. The molecule has 2 fully saturated rings. The number of rotatable bonds is 2. The van der Waals surface area contributed by atoms with E-state index in [-0.39, 0.29) is 29.6 Å². The number of fused-ring (bicyclic) bond motifs is 1. The van der Waals surface area contributed by atoms with Gasteiger partial charge in [0, 0.05) is 6.54 Å². The molecule has 2 heterocycles. The number of urea groups is 1. The van der Waals surface area contributed by atoms with E-state index in [0.29, 0.717) is 6.54 Å². The summed E-state index contributed by atoms with van der Waals surface area (Å²) in [5.74, 6) is 0.140. The number of carbonyl (C=O) groups is 1. The highest BCUT2D eigenvalue weighted by Gasteiger charge is 2.48. The zero-order valence-electron chi connectivity index (χ0n) is 7.64. The van der Waals surface area contributed by atoms with Gasteiger partial charge in [-0.05, 0) is 0 Å². The van der Waals surface area contributed by atoms with Gasteiger partial charge in [-0.3, -0.25) is 0 Å². The van der Waals surface area contributed by atoms with Crippen LogP contribution in [0.3, 0.4) is 0 Å². The number of nitrogens with zero attached hydrogens (tertiary/aromatic N) is 1. The Labute approximate surface area is 82.7 Å². The molecule has 2 aliphatic heterocycles. The highest BCUT2D eigenvalue weighted by Crippen LogP contribution is 2.23. The molecule has 78 valence electrons. The van der Waals surface area contributed by atoms with Gasteiger partial charge >= 0.3 is 6.03 Å². The third kappa shape index (κ3) is 1.39. The second-order valence-electron chi connectivity index (χ2n) is 3.64. The van der Waals surface area contributed by atoms with Crippen LogP contribution in [0, 0.1) is 0 Å². The van der Waals surface area contributed by atoms with Crippen LogP contribution >= 0.6 is 0 Å². The lowest BCUT2D eigenvalue weighted by molar-refractivity contribution is 0.213. The summed E-state index contributed by atoms with van der Waals surface area (Å²) in [6.45, 7) is 3.94. The summed E-state index contributed by atoms with van der Waals surface area (Å²) in [5, 5.41) is 2.67. The Morgan fingerprint density at radius 1 is 1.57 bits per heavy atom. The quantitative estimate of drug-likeness (QED) is 0.493. The van der Waals surface area contributed by atoms with Crippen molar-refractivity contribution in [2.75, 3.05) is 18.1 Å². The van der Waals surface area contributed by atoms with E-state index in [0.717, 1.165) is 0 Å². The van der Waals surface area contributed by atoms with Crippen LogP contribution in [-0.2, 0) is 9.84 Å². The lowest BCUT2D eigenvalue weighted by Crippen LogP contribution is -2.36. The molecule has 2 rings (SSSR count). The van der Waals surface area contributed by atoms with Crippen molar-refractivity contribution >= 4 is 15.9 Å². The van der Waals surface area contributed by atoms with Crippen LogP contribution < -0.4 is 5.32 Å². The first-order valence-corrected chi connectivity index (χ1v) is 6.24. The molecule has 2 amide bonds. The molecule has 2 aliphatic rings. The highest BCUT2D eigenvalue weighted by molar-refractivity contribution is 7.91. The van der Waals surface area contributed by atoms with Gasteiger partial charge in [-0.15, -0.1) is 6.58 Å². The molecule has 0 unspecified atom stereocenters. The molecule has 0 saturated carbocycles. The number of hydrogen-bond acceptors (Lipinski definition) is 3. The normalized spacial score (nSPS) is 34.0. The van der Waals surface area contributed by atoms with Crippen LogP contribution in [0.4, 0.5) is 4.79 Å². The van der Waals surface area contributed by atoms with E-state index < -0.39 is 9.84 Å². The SMILES string of the molecule is C=CCN1C(=O)N[C@H]2CS(=O)(=O)C[C@@H]21. The largest absolute Gasteiger partial charge is 0.332 e. The number of sulfone groups is 1. The van der Waals surface area contributed by atoms with Crippen molar-refractivity contribution in [2.24, 2.45) is 0 Å². The zero-order chi connectivity index (χ0) is 10.3. The topological polar surface area (TPSA) is 66.5 Å². The Kier molecular flexibility index (Phi) is 2.02. The average molecular weight is 216 g/mol. The summed E-state index contributed by atoms with van der Waals surface area (Å²) in [6, 6.07) is -0.618. The van der Waals surface area contributed by atoms with Crippen LogP contribution in [0.5, 0.6) is 0 Å². The molecule has 2 atom stereocenters. The van der Waals surface area contributed by atoms with Gasteiger partial charge in [0.25, 0.3) is 0 Å². The monoisotopic (exact) mass is 216 g/mol. The van der Waals surface area contributed by atoms with Crippen molar-refractivity contribution in [3.8, 4) is 0 Å². The molecule has 0 aromatic heterocycles. The Balaban J connectivity index is 2.21. The fraction of sp³-hybridized carbons (Fsp3) is 0.625. The maximum Gasteiger partial charge on any atom is 0.318 e. The van der Waals surface area contributed by atoms with Crippen molar-refractivity contribution in [3.63, 3.8) is 0 Å². The lowest BCUT2D eigenvalue weighted by atomic mass is 10.2. The Bertz CT molecular complexity index is 376. The first-order valence-electron chi connectivity index (χ1n) is 4.42. The first kappa shape index (κ1) is 9.51. The van der Waals surface area contributed by atoms with Crippen molar-refractivity contribution < 1.29 is 13.2 Å². The van der Waals surface area contributed by atoms with E-state index in [1.54, 1.807) is 6.08 Å². The van der Waals surface area contributed by atoms with Gasteiger partial charge in [0.05, 0.1) is 23.6 Å². The molecule has 0 bridgehead atoms. The smallest absolute Gasteiger partial charge is 0.318 e. The minimum Gasteiger partial charge on any atom is -0.332 e. The molecule has 0 aliphatic carbocycles. The van der Waals surface area contributed by atoms with Gasteiger partial charge in [0.2, 0.25) is 0 Å². The summed E-state index contributed by atoms with van der Waals surface area (Å²) in [7, 11) is -2.97. The van der Waals surface area contributed by atoms with Crippen molar-refractivity contribution in [1.29, 1.82) is 0 Å². The molecule has 6 heteroatoms. The predicted molar refractivity (Wildman–Crippen MR) is 51.7 cm³/mol. The third-order valence-corrected chi connectivity index (χ3v) is 4.33. The van der Waals surface area contributed by atoms with Crippen molar-refractivity contribution in [2.45, 2.75) is 12.1 Å². The Hall–Kier alpha value is -1.04. The van der Waals surface area contributed by atoms with Gasteiger partial charge in [-0.2, -0.15) is 0 Å². The van der Waals surface area contributed by atoms with Crippen LogP contribution in [-0.4, -0.2) is 49.5 Å². The number of hydrogen-bond donors (Lipinski definition) is 1. The van der Waals surface area contributed by atoms with Crippen LogP contribution in [0.1, 0.15) is 0 Å². The standard InChI is InChI=1S/C8H12N2O3S/c1-2-3-10-7-5-14(12,13)4-6(7)9-8(10)11/h2,6-7H,1,3-5H2,(H,9,11)/t6-,7-/m0/s1. The van der Waals surface area contributed by atoms with E-state index in [1.165, 1.54) is 4.90 Å². The lowest BCUT2D eigenvalue weighted by Gasteiger charge is -2.18. The van der Waals surface area contributed by atoms with Gasteiger partial charge in [0.15, 0.2) is 9.84 Å². The van der Waals surface area contributed by atoms with Crippen LogP contribution in [0.15, 0.2) is 12.7 Å². The van der Waals surface area contributed by atoms with Gasteiger partial charge in [-0.1, -0.05) is 6.08 Å². The third-order valence-electron chi connectivity index (χ3n) is 2.62. The minimum absolute atomic E-state index is 0.0665. The summed E-state index contributed by atoms with van der Waals surface area (Å²) in [4.78, 5) is 12.9. The maximum absolute atomic E-state index is 11.4. The number of nitrogens with one attached hydrogen (secondary N) is 1. The van der Waals surface area contributed by atoms with Gasteiger partial charge in [0.1, 0.15) is 0 Å². The molecular weight excluding hydrogens is 204 g/mol. The summed E-state index contributed by atoms with van der Waals surface area (Å²) in [5.41, 5.74) is 0. The van der Waals surface area contributed by atoms with Crippen LogP contribution in [0.25, 0.3) is 0 Å². The van der Waals surface area contributed by atoms with Gasteiger partial charge < -0.3 is 10.2 Å². The Morgan fingerprint density at radius 2 is 2.29 bits per heavy atom. The fourth-order valence-corrected chi connectivity index (χ4v) is 3.94. The molecule has 2 saturated heterocycles. The summed E-state index contributed by atoms with van der Waals surface area (Å²) < 4.78 is 22.6. The molecule has 0 radical (unpaired) electrons. The van der Waals surface area contributed by atoms with Gasteiger partial charge in [-0.25, -0.2) is 13.2 Å². The summed E-state index contributed by atoms with van der Waals surface area (Å²) in [6.07, 6.45) is 1.60. The minimum atomic E-state index is -2.97. The van der Waals surface area contributed by atoms with E-state index in [9.17, 15) is 13.2 Å². The molecule has 5 nitrogen and oxygen atoms in total. The Morgan fingerprint density at radius 3 is 2.93 bits per heavy atom. The molecule has 0 aromatic carbocycles. The molecular formula is C8H12N2O3S. The molecule has 1 N–H and O–H groups in total. The second kappa shape index (κ2) is 2.98. The van der Waals surface area contributed by atoms with E-state index in [2.05, 4.69) is 11.9 Å². The molecule has 0 aromatic rings. The van der Waals surface area contributed by atoms with Crippen molar-refractivity contribution in [3.05, 3.63) is 12.7 Å². The number of amides is 2.